The van der Waals surface area contributed by atoms with Crippen LogP contribution in [0.15, 0.2) is 18.2 Å². The van der Waals surface area contributed by atoms with Crippen LogP contribution in [0.3, 0.4) is 0 Å². The second kappa shape index (κ2) is 10.6. The molecule has 0 aromatic heterocycles. The molecule has 9 nitrogen and oxygen atoms in total. The normalized spacial score (nSPS) is 26.7. The van der Waals surface area contributed by atoms with Gasteiger partial charge in [0.05, 0.1) is 0 Å². The second-order valence-electron chi connectivity index (χ2n) is 11.2. The Morgan fingerprint density at radius 3 is 2.53 bits per heavy atom. The third kappa shape index (κ3) is 5.17. The number of likely N-dealkylation sites (tertiary alicyclic amines) is 1. The molecule has 1 aliphatic carbocycles. The molecule has 0 bridgehead atoms. The highest BCUT2D eigenvalue weighted by atomic mass is 16.2. The molecule has 3 aliphatic heterocycles. The van der Waals surface area contributed by atoms with Crippen LogP contribution >= 0.6 is 0 Å². The fourth-order valence-electron chi connectivity index (χ4n) is 6.13. The molecule has 3 heterocycles. The molecule has 1 unspecified atom stereocenters. The molecule has 200 valence electrons. The number of benzene rings is 1. The highest BCUT2D eigenvalue weighted by Crippen LogP contribution is 2.34. The number of hydrogen-bond donors (Lipinski definition) is 2. The average Bonchev–Trinajstić information content (AvgIpc) is 3.25. The van der Waals surface area contributed by atoms with Gasteiger partial charge >= 0.3 is 0 Å². The first kappa shape index (κ1) is 26.0. The number of nitrogens with zero attached hydrogens (tertiary/aromatic N) is 2. The quantitative estimate of drug-likeness (QED) is 0.358. The Balaban J connectivity index is 1.22. The molecular weight excluding hydrogens is 484 g/mol. The predicted molar refractivity (Wildman–Crippen MR) is 138 cm³/mol. The maximum absolute atomic E-state index is 13.1. The minimum atomic E-state index is -0.649. The minimum absolute atomic E-state index is 0.0342. The molecule has 0 spiro atoms. The van der Waals surface area contributed by atoms with Crippen molar-refractivity contribution in [2.45, 2.75) is 76.9 Å². The van der Waals surface area contributed by atoms with E-state index in [0.717, 1.165) is 56.1 Å². The van der Waals surface area contributed by atoms with Crippen LogP contribution < -0.4 is 10.6 Å². The maximum atomic E-state index is 13.1. The van der Waals surface area contributed by atoms with Crippen molar-refractivity contribution >= 4 is 30.0 Å². The Bertz CT molecular complexity index is 1220. The molecule has 1 atom stereocenters. The van der Waals surface area contributed by atoms with Crippen LogP contribution in [0, 0.1) is 23.2 Å². The summed E-state index contributed by atoms with van der Waals surface area (Å²) in [5.74, 6) is 6.09. The van der Waals surface area contributed by atoms with E-state index in [4.69, 9.17) is 0 Å². The molecule has 5 rings (SSSR count). The molecule has 1 aromatic rings. The summed E-state index contributed by atoms with van der Waals surface area (Å²) in [4.78, 5) is 64.3. The first-order valence-corrected chi connectivity index (χ1v) is 13.6. The highest BCUT2D eigenvalue weighted by Gasteiger charge is 2.40. The molecule has 4 aliphatic rings. The summed E-state index contributed by atoms with van der Waals surface area (Å²) in [6, 6.07) is 5.03. The van der Waals surface area contributed by atoms with Crippen LogP contribution in [-0.4, -0.2) is 65.0 Å². The highest BCUT2D eigenvalue weighted by molar-refractivity contribution is 6.05. The van der Waals surface area contributed by atoms with E-state index in [-0.39, 0.29) is 41.5 Å². The van der Waals surface area contributed by atoms with E-state index in [1.54, 1.807) is 11.0 Å². The summed E-state index contributed by atoms with van der Waals surface area (Å²) >= 11 is 0. The van der Waals surface area contributed by atoms with Crippen LogP contribution in [0.4, 0.5) is 0 Å². The number of hydrogen-bond acceptors (Lipinski definition) is 5. The third-order valence-corrected chi connectivity index (χ3v) is 8.64. The van der Waals surface area contributed by atoms with Crippen LogP contribution in [0.5, 0.6) is 0 Å². The molecule has 2 N–H and O–H groups in total. The molecule has 1 aromatic carbocycles. The van der Waals surface area contributed by atoms with Gasteiger partial charge in [0.15, 0.2) is 0 Å². The van der Waals surface area contributed by atoms with E-state index in [1.807, 2.05) is 17.0 Å². The lowest BCUT2D eigenvalue weighted by atomic mass is 9.79. The Hall–Kier alpha value is -3.67. The van der Waals surface area contributed by atoms with Crippen molar-refractivity contribution in [3.8, 4) is 11.8 Å². The Labute approximate surface area is 222 Å². The van der Waals surface area contributed by atoms with Gasteiger partial charge < -0.3 is 15.1 Å². The number of amides is 5. The fraction of sp³-hybridized carbons (Fsp3) is 0.552. The van der Waals surface area contributed by atoms with Crippen molar-refractivity contribution in [1.29, 1.82) is 0 Å². The number of nitrogens with one attached hydrogen (secondary N) is 2. The summed E-state index contributed by atoms with van der Waals surface area (Å²) in [6.07, 6.45) is 6.17. The largest absolute Gasteiger partial charge is 0.356 e. The maximum Gasteiger partial charge on any atom is 0.255 e. The van der Waals surface area contributed by atoms with Crippen LogP contribution in [-0.2, 0) is 25.7 Å². The van der Waals surface area contributed by atoms with Gasteiger partial charge in [-0.1, -0.05) is 17.9 Å². The van der Waals surface area contributed by atoms with Gasteiger partial charge in [-0.05, 0) is 69.6 Å². The summed E-state index contributed by atoms with van der Waals surface area (Å²) in [7, 11) is 0. The van der Waals surface area contributed by atoms with Crippen molar-refractivity contribution in [3.63, 3.8) is 0 Å². The van der Waals surface area contributed by atoms with Crippen molar-refractivity contribution in [2.75, 3.05) is 13.1 Å². The first-order chi connectivity index (χ1) is 18.3. The van der Waals surface area contributed by atoms with E-state index in [9.17, 15) is 24.0 Å². The number of rotatable bonds is 4. The number of fused-ring (bicyclic) bond motifs is 1. The van der Waals surface area contributed by atoms with Crippen molar-refractivity contribution < 1.29 is 24.0 Å². The molecule has 2 saturated heterocycles. The molecule has 5 amide bonds. The monoisotopic (exact) mass is 518 g/mol. The fourth-order valence-corrected chi connectivity index (χ4v) is 6.13. The lowest BCUT2D eigenvalue weighted by Gasteiger charge is -2.39. The van der Waals surface area contributed by atoms with Crippen molar-refractivity contribution in [1.82, 2.24) is 20.4 Å². The van der Waals surface area contributed by atoms with Gasteiger partial charge in [-0.15, -0.1) is 0 Å². The van der Waals surface area contributed by atoms with Crippen LogP contribution in [0.2, 0.25) is 0 Å². The minimum Gasteiger partial charge on any atom is -0.356 e. The summed E-state index contributed by atoms with van der Waals surface area (Å²) < 4.78 is 0. The standard InChI is InChI=1S/C29H34N4O5/c1-29(13-15-32(16-14-29)27(37)20-5-7-21(8-6-20)30-18-34)12-11-19-3-2-4-22-23(19)17-33(28(22)38)24-9-10-25(35)31-26(24)36/h2-4,18,20-21,24H,5-10,13-17H2,1H3,(H,30,34)(H,31,35,36)/t20-,21-,24?. The van der Waals surface area contributed by atoms with Gasteiger partial charge in [0.1, 0.15) is 6.04 Å². The third-order valence-electron chi connectivity index (χ3n) is 8.64. The SMILES string of the molecule is CC1(C#Cc2cccc3c2CN(C2CCC(=O)NC2=O)C3=O)CCN(C(=O)[C@H]2CC[C@H](NC=O)CC2)CC1. The van der Waals surface area contributed by atoms with E-state index in [0.29, 0.717) is 31.6 Å². The molecule has 1 saturated carbocycles. The Morgan fingerprint density at radius 1 is 1.11 bits per heavy atom. The smallest absolute Gasteiger partial charge is 0.255 e. The summed E-state index contributed by atoms with van der Waals surface area (Å²) in [5.41, 5.74) is 1.93. The van der Waals surface area contributed by atoms with E-state index < -0.39 is 11.9 Å². The number of carbonyl (C=O) groups is 5. The van der Waals surface area contributed by atoms with Gasteiger partial charge in [-0.25, -0.2) is 0 Å². The van der Waals surface area contributed by atoms with Gasteiger partial charge in [0.2, 0.25) is 24.1 Å². The zero-order chi connectivity index (χ0) is 26.9. The van der Waals surface area contributed by atoms with E-state index in [2.05, 4.69) is 29.4 Å². The topological polar surface area (TPSA) is 116 Å². The summed E-state index contributed by atoms with van der Waals surface area (Å²) in [5, 5.41) is 5.17. The van der Waals surface area contributed by atoms with E-state index >= 15 is 0 Å². The molecule has 3 fully saturated rings. The number of piperidine rings is 2. The van der Waals surface area contributed by atoms with Crippen molar-refractivity contribution in [2.24, 2.45) is 11.3 Å². The average molecular weight is 519 g/mol. The van der Waals surface area contributed by atoms with Crippen molar-refractivity contribution in [3.05, 3.63) is 34.9 Å². The van der Waals surface area contributed by atoms with Crippen LogP contribution in [0.1, 0.15) is 79.8 Å². The molecular formula is C29H34N4O5. The number of imide groups is 1. The van der Waals surface area contributed by atoms with Gasteiger partial charge in [-0.2, -0.15) is 0 Å². The lowest BCUT2D eigenvalue weighted by Crippen LogP contribution is -2.52. The zero-order valence-corrected chi connectivity index (χ0v) is 21.8. The van der Waals surface area contributed by atoms with Gasteiger partial charge in [0, 0.05) is 54.6 Å². The van der Waals surface area contributed by atoms with E-state index in [1.165, 1.54) is 0 Å². The molecule has 9 heteroatoms. The second-order valence-corrected chi connectivity index (χ2v) is 11.2. The van der Waals surface area contributed by atoms with Crippen LogP contribution in [0.25, 0.3) is 0 Å². The predicted octanol–water partition coefficient (Wildman–Crippen LogP) is 1.73. The Morgan fingerprint density at radius 2 is 1.84 bits per heavy atom. The zero-order valence-electron chi connectivity index (χ0n) is 21.8. The molecule has 0 radical (unpaired) electrons. The summed E-state index contributed by atoms with van der Waals surface area (Å²) in [6.45, 7) is 3.77. The van der Waals surface area contributed by atoms with Gasteiger partial charge in [-0.3, -0.25) is 29.3 Å². The lowest BCUT2D eigenvalue weighted by molar-refractivity contribution is -0.139. The van der Waals surface area contributed by atoms with Gasteiger partial charge in [0.25, 0.3) is 5.91 Å². The Kier molecular flexibility index (Phi) is 7.24. The molecule has 38 heavy (non-hydrogen) atoms. The number of carbonyl (C=O) groups excluding carboxylic acids is 5. The first-order valence-electron chi connectivity index (χ1n) is 13.6.